The molecule has 3 rings (SSSR count). The van der Waals surface area contributed by atoms with Gasteiger partial charge in [-0.05, 0) is 23.5 Å². The fourth-order valence-corrected chi connectivity index (χ4v) is 4.94. The lowest BCUT2D eigenvalue weighted by Gasteiger charge is -2.35. The number of nitro groups is 1. The average Bonchev–Trinajstić information content (AvgIpc) is 3.08. The molecule has 148 valence electrons. The number of nitrogens with zero attached hydrogens (tertiary/aromatic N) is 4. The van der Waals surface area contributed by atoms with Gasteiger partial charge in [0, 0.05) is 24.7 Å². The zero-order valence-corrected chi connectivity index (χ0v) is 16.8. The standard InChI is InChI=1S/C15H18ClN5O4S.ClH/c1-2-19-10-14(15(18-19)21(22)23)26(24,25)20-8-7-17-9-13(20)11-5-3-4-6-12(11)16;/h3-6,10,13,17H,2,7-9H2,1H3;1H. The Bertz CT molecular complexity index is 934. The first-order chi connectivity index (χ1) is 12.4. The predicted octanol–water partition coefficient (Wildman–Crippen LogP) is 2.22. The Hall–Kier alpha value is -1.72. The van der Waals surface area contributed by atoms with Crippen molar-refractivity contribution in [2.75, 3.05) is 19.6 Å². The SMILES string of the molecule is CCn1cc(S(=O)(=O)N2CCNCC2c2ccccc2Cl)c([N+](=O)[O-])n1.Cl. The number of aromatic nitrogens is 2. The first-order valence-corrected chi connectivity index (χ1v) is 9.87. The molecule has 1 unspecified atom stereocenters. The average molecular weight is 436 g/mol. The van der Waals surface area contributed by atoms with Crippen molar-refractivity contribution in [2.24, 2.45) is 0 Å². The second kappa shape index (κ2) is 8.53. The van der Waals surface area contributed by atoms with Crippen molar-refractivity contribution in [2.45, 2.75) is 24.4 Å². The van der Waals surface area contributed by atoms with Crippen LogP contribution in [0.1, 0.15) is 18.5 Å². The molecular formula is C15H19Cl2N5O4S. The van der Waals surface area contributed by atoms with E-state index >= 15 is 0 Å². The molecule has 1 aromatic heterocycles. The van der Waals surface area contributed by atoms with Gasteiger partial charge in [0.25, 0.3) is 10.0 Å². The first kappa shape index (κ1) is 21.6. The third-order valence-corrected chi connectivity index (χ3v) is 6.49. The van der Waals surface area contributed by atoms with Gasteiger partial charge in [-0.25, -0.2) is 8.42 Å². The number of rotatable bonds is 5. The van der Waals surface area contributed by atoms with Gasteiger partial charge in [-0.1, -0.05) is 29.8 Å². The number of hydrogen-bond acceptors (Lipinski definition) is 6. The summed E-state index contributed by atoms with van der Waals surface area (Å²) in [4.78, 5) is 10.1. The van der Waals surface area contributed by atoms with Crippen molar-refractivity contribution in [3.8, 4) is 0 Å². The summed E-state index contributed by atoms with van der Waals surface area (Å²) < 4.78 is 29.0. The van der Waals surface area contributed by atoms with Gasteiger partial charge >= 0.3 is 5.82 Å². The molecule has 12 heteroatoms. The molecule has 0 amide bonds. The van der Waals surface area contributed by atoms with Crippen LogP contribution in [0.15, 0.2) is 35.4 Å². The molecule has 0 aliphatic carbocycles. The minimum absolute atomic E-state index is 0. The Morgan fingerprint density at radius 1 is 1.41 bits per heavy atom. The second-order valence-corrected chi connectivity index (χ2v) is 8.05. The molecule has 0 saturated carbocycles. The fraction of sp³-hybridized carbons (Fsp3) is 0.400. The van der Waals surface area contributed by atoms with Gasteiger partial charge in [0.05, 0.1) is 23.9 Å². The quantitative estimate of drug-likeness (QED) is 0.569. The minimum Gasteiger partial charge on any atom is -0.358 e. The largest absolute Gasteiger partial charge is 0.410 e. The van der Waals surface area contributed by atoms with Crippen LogP contribution in [0.5, 0.6) is 0 Å². The summed E-state index contributed by atoms with van der Waals surface area (Å²) >= 11 is 6.25. The van der Waals surface area contributed by atoms with Gasteiger partial charge in [-0.2, -0.15) is 8.99 Å². The van der Waals surface area contributed by atoms with E-state index in [1.165, 1.54) is 15.2 Å². The van der Waals surface area contributed by atoms with Crippen LogP contribution in [0, 0.1) is 10.1 Å². The van der Waals surface area contributed by atoms with Crippen LogP contribution < -0.4 is 5.32 Å². The zero-order chi connectivity index (χ0) is 18.9. The molecule has 1 aromatic carbocycles. The lowest BCUT2D eigenvalue weighted by molar-refractivity contribution is -0.392. The van der Waals surface area contributed by atoms with Gasteiger partial charge in [-0.15, -0.1) is 12.4 Å². The molecule has 1 N–H and O–H groups in total. The number of sulfonamides is 1. The molecule has 1 saturated heterocycles. The van der Waals surface area contributed by atoms with Gasteiger partial charge in [-0.3, -0.25) is 0 Å². The minimum atomic E-state index is -4.13. The number of benzene rings is 1. The van der Waals surface area contributed by atoms with Crippen molar-refractivity contribution in [3.05, 3.63) is 51.2 Å². The van der Waals surface area contributed by atoms with Crippen LogP contribution in [0.4, 0.5) is 5.82 Å². The van der Waals surface area contributed by atoms with Crippen molar-refractivity contribution in [3.63, 3.8) is 0 Å². The van der Waals surface area contributed by atoms with Crippen molar-refractivity contribution in [1.29, 1.82) is 0 Å². The summed E-state index contributed by atoms with van der Waals surface area (Å²) in [7, 11) is -4.13. The Balaban J connectivity index is 0.00000261. The highest BCUT2D eigenvalue weighted by molar-refractivity contribution is 7.89. The number of aryl methyl sites for hydroxylation is 1. The van der Waals surface area contributed by atoms with Crippen molar-refractivity contribution < 1.29 is 13.3 Å². The summed E-state index contributed by atoms with van der Waals surface area (Å²) in [6, 6.07) is 6.42. The number of halogens is 2. The van der Waals surface area contributed by atoms with Crippen LogP contribution in [-0.2, 0) is 16.6 Å². The molecule has 0 bridgehead atoms. The predicted molar refractivity (Wildman–Crippen MR) is 103 cm³/mol. The molecule has 1 fully saturated rings. The zero-order valence-electron chi connectivity index (χ0n) is 14.4. The molecular weight excluding hydrogens is 417 g/mol. The highest BCUT2D eigenvalue weighted by Gasteiger charge is 2.41. The van der Waals surface area contributed by atoms with Crippen LogP contribution >= 0.6 is 24.0 Å². The van der Waals surface area contributed by atoms with Crippen molar-refractivity contribution in [1.82, 2.24) is 19.4 Å². The maximum atomic E-state index is 13.2. The van der Waals surface area contributed by atoms with E-state index in [2.05, 4.69) is 10.4 Å². The molecule has 2 heterocycles. The third kappa shape index (κ3) is 4.09. The maximum Gasteiger partial charge on any atom is 0.410 e. The molecule has 1 atom stereocenters. The molecule has 1 aliphatic rings. The highest BCUT2D eigenvalue weighted by atomic mass is 35.5. The summed E-state index contributed by atoms with van der Waals surface area (Å²) in [5.41, 5.74) is 0.649. The van der Waals surface area contributed by atoms with E-state index in [9.17, 15) is 18.5 Å². The topological polar surface area (TPSA) is 110 Å². The smallest absolute Gasteiger partial charge is 0.358 e. The number of piperazine rings is 1. The van der Waals surface area contributed by atoms with Crippen LogP contribution in [0.2, 0.25) is 5.02 Å². The highest BCUT2D eigenvalue weighted by Crippen LogP contribution is 2.34. The monoisotopic (exact) mass is 435 g/mol. The third-order valence-electron chi connectivity index (χ3n) is 4.25. The van der Waals surface area contributed by atoms with Crippen LogP contribution in [0.25, 0.3) is 0 Å². The Labute approximate surface area is 167 Å². The van der Waals surface area contributed by atoms with Gasteiger partial charge < -0.3 is 15.4 Å². The Kier molecular flexibility index (Phi) is 6.82. The van der Waals surface area contributed by atoms with Gasteiger partial charge in [0.2, 0.25) is 4.90 Å². The fourth-order valence-electron chi connectivity index (χ4n) is 2.97. The molecule has 9 nitrogen and oxygen atoms in total. The molecule has 2 aromatic rings. The lowest BCUT2D eigenvalue weighted by atomic mass is 10.1. The van der Waals surface area contributed by atoms with E-state index in [1.807, 2.05) is 0 Å². The van der Waals surface area contributed by atoms with Crippen LogP contribution in [0.3, 0.4) is 0 Å². The molecule has 0 spiro atoms. The molecule has 27 heavy (non-hydrogen) atoms. The first-order valence-electron chi connectivity index (χ1n) is 8.05. The maximum absolute atomic E-state index is 13.2. The van der Waals surface area contributed by atoms with E-state index < -0.39 is 31.7 Å². The van der Waals surface area contributed by atoms with E-state index in [-0.39, 0.29) is 19.0 Å². The number of nitrogens with one attached hydrogen (secondary N) is 1. The Morgan fingerprint density at radius 3 is 2.74 bits per heavy atom. The normalized spacial score (nSPS) is 18.1. The molecule has 0 radical (unpaired) electrons. The van der Waals surface area contributed by atoms with E-state index in [0.717, 1.165) is 0 Å². The van der Waals surface area contributed by atoms with Crippen LogP contribution in [-0.4, -0.2) is 47.1 Å². The van der Waals surface area contributed by atoms with Gasteiger partial charge in [0.15, 0.2) is 0 Å². The van der Waals surface area contributed by atoms with E-state index in [4.69, 9.17) is 11.6 Å². The lowest BCUT2D eigenvalue weighted by Crippen LogP contribution is -2.48. The summed E-state index contributed by atoms with van der Waals surface area (Å²) in [5.74, 6) is -0.664. The van der Waals surface area contributed by atoms with E-state index in [0.29, 0.717) is 30.2 Å². The summed E-state index contributed by atoms with van der Waals surface area (Å²) in [6.07, 6.45) is 1.21. The van der Waals surface area contributed by atoms with E-state index in [1.54, 1.807) is 31.2 Å². The second-order valence-electron chi connectivity index (χ2n) is 5.79. The summed E-state index contributed by atoms with van der Waals surface area (Å²) in [5, 5.41) is 18.7. The molecule has 1 aliphatic heterocycles. The van der Waals surface area contributed by atoms with Crippen molar-refractivity contribution >= 4 is 39.8 Å². The summed E-state index contributed by atoms with van der Waals surface area (Å²) in [6.45, 7) is 3.03. The van der Waals surface area contributed by atoms with Gasteiger partial charge in [0.1, 0.15) is 0 Å². The Morgan fingerprint density at radius 2 is 2.11 bits per heavy atom. The number of hydrogen-bond donors (Lipinski definition) is 1.